The minimum absolute atomic E-state index is 0.142. The summed E-state index contributed by atoms with van der Waals surface area (Å²) >= 11 is 0. The molecule has 0 saturated carbocycles. The van der Waals surface area contributed by atoms with Crippen molar-refractivity contribution in [2.24, 2.45) is 11.3 Å². The Morgan fingerprint density at radius 3 is 2.57 bits per heavy atom. The minimum atomic E-state index is -0.328. The molecule has 0 aliphatic rings. The molecule has 0 spiro atoms. The summed E-state index contributed by atoms with van der Waals surface area (Å²) in [5, 5.41) is 0. The molecule has 1 unspecified atom stereocenters. The van der Waals surface area contributed by atoms with Gasteiger partial charge in [-0.05, 0) is 11.5 Å². The maximum atomic E-state index is 13.4. The number of hydrogen-bond donors (Lipinski definition) is 2. The van der Waals surface area contributed by atoms with Crippen LogP contribution >= 0.6 is 0 Å². The van der Waals surface area contributed by atoms with Gasteiger partial charge in [0.15, 0.2) is 0 Å². The van der Waals surface area contributed by atoms with E-state index in [0.29, 0.717) is 5.56 Å². The fourth-order valence-corrected chi connectivity index (χ4v) is 1.43. The van der Waals surface area contributed by atoms with E-state index in [9.17, 15) is 4.39 Å². The summed E-state index contributed by atoms with van der Waals surface area (Å²) < 4.78 is 13.4. The number of pyridine rings is 1. The summed E-state index contributed by atoms with van der Waals surface area (Å²) in [6, 6.07) is 1.43. The van der Waals surface area contributed by atoms with Crippen LogP contribution < -0.4 is 11.3 Å². The highest BCUT2D eigenvalue weighted by atomic mass is 19.1. The Bertz CT molecular complexity index is 306. The smallest absolute Gasteiger partial charge is 0.146 e. The first-order chi connectivity index (χ1) is 6.46. The van der Waals surface area contributed by atoms with Crippen LogP contribution in [-0.4, -0.2) is 4.98 Å². The number of nitrogens with one attached hydrogen (secondary N) is 1. The van der Waals surface area contributed by atoms with Gasteiger partial charge in [-0.15, -0.1) is 0 Å². The van der Waals surface area contributed by atoms with E-state index in [1.807, 2.05) is 20.8 Å². The zero-order valence-corrected chi connectivity index (χ0v) is 8.71. The lowest BCUT2D eigenvalue weighted by Gasteiger charge is -2.30. The first kappa shape index (κ1) is 11.1. The maximum Gasteiger partial charge on any atom is 0.146 e. The van der Waals surface area contributed by atoms with E-state index in [2.05, 4.69) is 10.4 Å². The molecule has 0 radical (unpaired) electrons. The van der Waals surface area contributed by atoms with Gasteiger partial charge in [-0.1, -0.05) is 20.8 Å². The van der Waals surface area contributed by atoms with Gasteiger partial charge < -0.3 is 0 Å². The second-order valence-corrected chi connectivity index (χ2v) is 4.36. The van der Waals surface area contributed by atoms with Gasteiger partial charge in [0.2, 0.25) is 0 Å². The highest BCUT2D eigenvalue weighted by Crippen LogP contribution is 2.32. The molecule has 0 aliphatic carbocycles. The van der Waals surface area contributed by atoms with E-state index in [-0.39, 0.29) is 17.3 Å². The topological polar surface area (TPSA) is 50.9 Å². The number of nitrogens with two attached hydrogens (primary N) is 1. The molecule has 3 N–H and O–H groups in total. The Labute approximate surface area is 83.5 Å². The molecule has 1 heterocycles. The first-order valence-corrected chi connectivity index (χ1v) is 4.52. The molecule has 1 aromatic heterocycles. The third-order valence-electron chi connectivity index (χ3n) is 2.15. The van der Waals surface area contributed by atoms with Crippen LogP contribution in [0.4, 0.5) is 4.39 Å². The largest absolute Gasteiger partial charge is 0.271 e. The Balaban J connectivity index is 3.08. The second-order valence-electron chi connectivity index (χ2n) is 4.36. The van der Waals surface area contributed by atoms with E-state index in [1.165, 1.54) is 6.20 Å². The SMILES string of the molecule is CC(C)(C)C(NN)c1ccncc1F. The van der Waals surface area contributed by atoms with Crippen LogP contribution in [-0.2, 0) is 0 Å². The number of hydrazine groups is 1. The highest BCUT2D eigenvalue weighted by molar-refractivity contribution is 5.19. The van der Waals surface area contributed by atoms with E-state index in [0.717, 1.165) is 0 Å². The van der Waals surface area contributed by atoms with Crippen LogP contribution in [0.3, 0.4) is 0 Å². The lowest BCUT2D eigenvalue weighted by molar-refractivity contribution is 0.268. The zero-order chi connectivity index (χ0) is 10.8. The van der Waals surface area contributed by atoms with Gasteiger partial charge in [0, 0.05) is 11.8 Å². The summed E-state index contributed by atoms with van der Waals surface area (Å²) in [6.45, 7) is 5.99. The number of halogens is 1. The van der Waals surface area contributed by atoms with Crippen LogP contribution in [0.25, 0.3) is 0 Å². The van der Waals surface area contributed by atoms with Crippen molar-refractivity contribution in [1.29, 1.82) is 0 Å². The molecule has 1 rings (SSSR count). The molecule has 4 heteroatoms. The van der Waals surface area contributed by atoms with Crippen LogP contribution in [0.1, 0.15) is 32.4 Å². The van der Waals surface area contributed by atoms with Gasteiger partial charge in [-0.2, -0.15) is 0 Å². The van der Waals surface area contributed by atoms with E-state index in [1.54, 1.807) is 12.3 Å². The number of hydrogen-bond acceptors (Lipinski definition) is 3. The van der Waals surface area contributed by atoms with Gasteiger partial charge in [0.05, 0.1) is 12.2 Å². The van der Waals surface area contributed by atoms with Crippen LogP contribution in [0, 0.1) is 11.2 Å². The zero-order valence-electron chi connectivity index (χ0n) is 8.71. The Morgan fingerprint density at radius 1 is 1.50 bits per heavy atom. The summed E-state index contributed by atoms with van der Waals surface area (Å²) in [5.41, 5.74) is 3.04. The fraction of sp³-hybridized carbons (Fsp3) is 0.500. The van der Waals surface area contributed by atoms with Crippen molar-refractivity contribution < 1.29 is 4.39 Å². The van der Waals surface area contributed by atoms with Crippen molar-refractivity contribution in [3.63, 3.8) is 0 Å². The third kappa shape index (κ3) is 2.27. The second kappa shape index (κ2) is 4.02. The summed E-state index contributed by atoms with van der Waals surface area (Å²) in [6.07, 6.45) is 2.76. The standard InChI is InChI=1S/C10H16FN3/c1-10(2,3)9(14-12)7-4-5-13-6-8(7)11/h4-6,9,14H,12H2,1-3H3. The van der Waals surface area contributed by atoms with Crippen molar-refractivity contribution in [2.75, 3.05) is 0 Å². The monoisotopic (exact) mass is 197 g/mol. The lowest BCUT2D eigenvalue weighted by Crippen LogP contribution is -2.37. The van der Waals surface area contributed by atoms with E-state index in [4.69, 9.17) is 5.84 Å². The van der Waals surface area contributed by atoms with Gasteiger partial charge >= 0.3 is 0 Å². The molecule has 0 fully saturated rings. The van der Waals surface area contributed by atoms with E-state index >= 15 is 0 Å². The summed E-state index contributed by atoms with van der Waals surface area (Å²) in [4.78, 5) is 3.70. The maximum absolute atomic E-state index is 13.4. The molecule has 0 aromatic carbocycles. The number of rotatable bonds is 2. The molecule has 1 aromatic rings. The predicted molar refractivity (Wildman–Crippen MR) is 53.7 cm³/mol. The van der Waals surface area contributed by atoms with Gasteiger partial charge in [-0.3, -0.25) is 16.3 Å². The molecule has 14 heavy (non-hydrogen) atoms. The summed E-state index contributed by atoms with van der Waals surface area (Å²) in [5.74, 6) is 5.09. The quantitative estimate of drug-likeness (QED) is 0.561. The van der Waals surface area contributed by atoms with Gasteiger partial charge in [0.25, 0.3) is 0 Å². The number of aromatic nitrogens is 1. The highest BCUT2D eigenvalue weighted by Gasteiger charge is 2.27. The minimum Gasteiger partial charge on any atom is -0.271 e. The van der Waals surface area contributed by atoms with Crippen LogP contribution in [0.5, 0.6) is 0 Å². The molecule has 1 atom stereocenters. The van der Waals surface area contributed by atoms with Crippen LogP contribution in [0.2, 0.25) is 0 Å². The Hall–Kier alpha value is -1.00. The molecule has 0 saturated heterocycles. The average Bonchev–Trinajstić information content (AvgIpc) is 2.07. The molecule has 78 valence electrons. The van der Waals surface area contributed by atoms with Crippen molar-refractivity contribution in [2.45, 2.75) is 26.8 Å². The van der Waals surface area contributed by atoms with E-state index < -0.39 is 0 Å². The van der Waals surface area contributed by atoms with Gasteiger partial charge in [0.1, 0.15) is 5.82 Å². The van der Waals surface area contributed by atoms with Crippen molar-refractivity contribution in [3.05, 3.63) is 29.8 Å². The van der Waals surface area contributed by atoms with Crippen molar-refractivity contribution in [3.8, 4) is 0 Å². The molecule has 0 amide bonds. The molecular weight excluding hydrogens is 181 g/mol. The van der Waals surface area contributed by atoms with Gasteiger partial charge in [-0.25, -0.2) is 4.39 Å². The van der Waals surface area contributed by atoms with Crippen molar-refractivity contribution in [1.82, 2.24) is 10.4 Å². The first-order valence-electron chi connectivity index (χ1n) is 4.52. The Morgan fingerprint density at radius 2 is 2.14 bits per heavy atom. The molecule has 0 bridgehead atoms. The molecule has 3 nitrogen and oxygen atoms in total. The molecular formula is C10H16FN3. The number of nitrogens with zero attached hydrogens (tertiary/aromatic N) is 1. The van der Waals surface area contributed by atoms with Crippen LogP contribution in [0.15, 0.2) is 18.5 Å². The normalized spacial score (nSPS) is 14.1. The third-order valence-corrected chi connectivity index (χ3v) is 2.15. The average molecular weight is 197 g/mol. The van der Waals surface area contributed by atoms with Crippen molar-refractivity contribution >= 4 is 0 Å². The Kier molecular flexibility index (Phi) is 3.18. The fourth-order valence-electron chi connectivity index (χ4n) is 1.43. The molecule has 0 aliphatic heterocycles. The summed E-state index contributed by atoms with van der Waals surface area (Å²) in [7, 11) is 0. The predicted octanol–water partition coefficient (Wildman–Crippen LogP) is 1.77. The lowest BCUT2D eigenvalue weighted by atomic mass is 9.83.